The fraction of sp³-hybridized carbons (Fsp3) is 0.579. The van der Waals surface area contributed by atoms with Crippen LogP contribution in [0.25, 0.3) is 0 Å². The molecule has 1 aliphatic carbocycles. The van der Waals surface area contributed by atoms with E-state index in [-0.39, 0.29) is 17.8 Å². The lowest BCUT2D eigenvalue weighted by Crippen LogP contribution is -2.26. The summed E-state index contributed by atoms with van der Waals surface area (Å²) in [6.45, 7) is 2.20. The van der Waals surface area contributed by atoms with Gasteiger partial charge >= 0.3 is 5.97 Å². The molecule has 0 unspecified atom stereocenters. The minimum atomic E-state index is -0.150. The summed E-state index contributed by atoms with van der Waals surface area (Å²) in [6.07, 6.45) is 8.91. The van der Waals surface area contributed by atoms with Gasteiger partial charge in [0.2, 0.25) is 0 Å². The standard InChI is InChI=1S/C19H26O3/c1-2-3-4-5-15-8-12-18(13-9-15)22-19(21)17-10-6-16(14-20)7-11-17/h8-9,12-14,16-17H,2-7,10-11H2,1H3. The van der Waals surface area contributed by atoms with Crippen LogP contribution in [0.1, 0.15) is 57.4 Å². The molecule has 0 N–H and O–H groups in total. The quantitative estimate of drug-likeness (QED) is 0.326. The van der Waals surface area contributed by atoms with Crippen molar-refractivity contribution >= 4 is 12.3 Å². The topological polar surface area (TPSA) is 43.4 Å². The molecule has 1 aromatic rings. The van der Waals surface area contributed by atoms with Crippen molar-refractivity contribution in [2.45, 2.75) is 58.3 Å². The molecule has 0 heterocycles. The molecular weight excluding hydrogens is 276 g/mol. The molecule has 3 heteroatoms. The Morgan fingerprint density at radius 3 is 2.41 bits per heavy atom. The van der Waals surface area contributed by atoms with E-state index in [4.69, 9.17) is 4.74 Å². The Morgan fingerprint density at radius 2 is 1.82 bits per heavy atom. The maximum absolute atomic E-state index is 12.1. The number of esters is 1. The molecule has 0 spiro atoms. The Balaban J connectivity index is 1.80. The van der Waals surface area contributed by atoms with Crippen LogP contribution >= 0.6 is 0 Å². The van der Waals surface area contributed by atoms with Gasteiger partial charge in [0.15, 0.2) is 0 Å². The summed E-state index contributed by atoms with van der Waals surface area (Å²) < 4.78 is 5.48. The van der Waals surface area contributed by atoms with Crippen LogP contribution in [0.2, 0.25) is 0 Å². The molecule has 1 aliphatic rings. The molecule has 0 aliphatic heterocycles. The molecule has 0 bridgehead atoms. The number of aryl methyl sites for hydroxylation is 1. The number of unbranched alkanes of at least 4 members (excludes halogenated alkanes) is 2. The summed E-state index contributed by atoms with van der Waals surface area (Å²) in [7, 11) is 0. The zero-order valence-electron chi connectivity index (χ0n) is 13.4. The normalized spacial score (nSPS) is 21.3. The number of rotatable bonds is 7. The lowest BCUT2D eigenvalue weighted by molar-refractivity contribution is -0.140. The van der Waals surface area contributed by atoms with Gasteiger partial charge < -0.3 is 9.53 Å². The summed E-state index contributed by atoms with van der Waals surface area (Å²) in [4.78, 5) is 22.9. The second-order valence-corrected chi connectivity index (χ2v) is 6.27. The fourth-order valence-corrected chi connectivity index (χ4v) is 2.99. The highest BCUT2D eigenvalue weighted by atomic mass is 16.5. The van der Waals surface area contributed by atoms with Gasteiger partial charge in [-0.25, -0.2) is 0 Å². The number of carbonyl (C=O) groups excluding carboxylic acids is 2. The van der Waals surface area contributed by atoms with Crippen LogP contribution in [0.3, 0.4) is 0 Å². The Kier molecular flexibility index (Phi) is 6.63. The summed E-state index contributed by atoms with van der Waals surface area (Å²) in [5, 5.41) is 0. The lowest BCUT2D eigenvalue weighted by atomic mass is 9.83. The van der Waals surface area contributed by atoms with Crippen LogP contribution in [0.5, 0.6) is 5.75 Å². The molecule has 120 valence electrons. The molecule has 0 saturated heterocycles. The second-order valence-electron chi connectivity index (χ2n) is 6.27. The van der Waals surface area contributed by atoms with Crippen LogP contribution in [-0.2, 0) is 16.0 Å². The van der Waals surface area contributed by atoms with Crippen molar-refractivity contribution < 1.29 is 14.3 Å². The van der Waals surface area contributed by atoms with Crippen molar-refractivity contribution in [2.75, 3.05) is 0 Å². The number of ether oxygens (including phenoxy) is 1. The third kappa shape index (κ3) is 4.97. The van der Waals surface area contributed by atoms with Crippen LogP contribution < -0.4 is 4.74 Å². The molecule has 0 atom stereocenters. The number of benzene rings is 1. The number of hydrogen-bond acceptors (Lipinski definition) is 3. The largest absolute Gasteiger partial charge is 0.426 e. The molecule has 1 fully saturated rings. The van der Waals surface area contributed by atoms with Gasteiger partial charge in [-0.05, 0) is 56.2 Å². The van der Waals surface area contributed by atoms with Crippen molar-refractivity contribution in [1.82, 2.24) is 0 Å². The molecule has 0 aromatic heterocycles. The molecule has 1 aromatic carbocycles. The van der Waals surface area contributed by atoms with Gasteiger partial charge in [-0.15, -0.1) is 0 Å². The average Bonchev–Trinajstić information content (AvgIpc) is 2.57. The van der Waals surface area contributed by atoms with E-state index < -0.39 is 0 Å². The number of aldehydes is 1. The highest BCUT2D eigenvalue weighted by Crippen LogP contribution is 2.29. The summed E-state index contributed by atoms with van der Waals surface area (Å²) in [6, 6.07) is 7.86. The van der Waals surface area contributed by atoms with E-state index in [2.05, 4.69) is 6.92 Å². The van der Waals surface area contributed by atoms with E-state index in [9.17, 15) is 9.59 Å². The molecule has 3 nitrogen and oxygen atoms in total. The van der Waals surface area contributed by atoms with Crippen molar-refractivity contribution in [3.8, 4) is 5.75 Å². The maximum Gasteiger partial charge on any atom is 0.314 e. The predicted octanol–water partition coefficient (Wildman–Crippen LogP) is 4.33. The minimum absolute atomic E-state index is 0.0552. The van der Waals surface area contributed by atoms with Crippen LogP contribution in [0, 0.1) is 11.8 Å². The monoisotopic (exact) mass is 302 g/mol. The van der Waals surface area contributed by atoms with Gasteiger partial charge in [0.05, 0.1) is 5.92 Å². The first-order chi connectivity index (χ1) is 10.7. The zero-order chi connectivity index (χ0) is 15.8. The van der Waals surface area contributed by atoms with E-state index in [1.807, 2.05) is 24.3 Å². The Bertz CT molecular complexity index is 470. The first kappa shape index (κ1) is 16.7. The van der Waals surface area contributed by atoms with Crippen LogP contribution in [-0.4, -0.2) is 12.3 Å². The van der Waals surface area contributed by atoms with Crippen molar-refractivity contribution in [3.63, 3.8) is 0 Å². The molecule has 22 heavy (non-hydrogen) atoms. The van der Waals surface area contributed by atoms with E-state index in [1.54, 1.807) is 0 Å². The van der Waals surface area contributed by atoms with Gasteiger partial charge in [0.1, 0.15) is 12.0 Å². The number of carbonyl (C=O) groups is 2. The third-order valence-electron chi connectivity index (χ3n) is 4.51. The maximum atomic E-state index is 12.1. The molecule has 2 rings (SSSR count). The Morgan fingerprint density at radius 1 is 1.14 bits per heavy atom. The van der Waals surface area contributed by atoms with Crippen LogP contribution in [0.4, 0.5) is 0 Å². The van der Waals surface area contributed by atoms with Crippen LogP contribution in [0.15, 0.2) is 24.3 Å². The molecule has 0 radical (unpaired) electrons. The Labute approximate surface area is 133 Å². The first-order valence-corrected chi connectivity index (χ1v) is 8.49. The highest BCUT2D eigenvalue weighted by molar-refractivity contribution is 5.75. The molecular formula is C19H26O3. The summed E-state index contributed by atoms with van der Waals surface area (Å²) in [5.41, 5.74) is 1.29. The van der Waals surface area contributed by atoms with Crippen molar-refractivity contribution in [1.29, 1.82) is 0 Å². The van der Waals surface area contributed by atoms with Gasteiger partial charge in [-0.1, -0.05) is 31.9 Å². The molecule has 1 saturated carbocycles. The van der Waals surface area contributed by atoms with E-state index in [0.717, 1.165) is 38.4 Å². The van der Waals surface area contributed by atoms with E-state index >= 15 is 0 Å². The van der Waals surface area contributed by atoms with Gasteiger partial charge in [0.25, 0.3) is 0 Å². The van der Waals surface area contributed by atoms with Gasteiger partial charge in [0, 0.05) is 5.92 Å². The Hall–Kier alpha value is -1.64. The lowest BCUT2D eigenvalue weighted by Gasteiger charge is -2.23. The van der Waals surface area contributed by atoms with E-state index in [0.29, 0.717) is 5.75 Å². The van der Waals surface area contributed by atoms with Crippen molar-refractivity contribution in [3.05, 3.63) is 29.8 Å². The fourth-order valence-electron chi connectivity index (χ4n) is 2.99. The van der Waals surface area contributed by atoms with Crippen molar-refractivity contribution in [2.24, 2.45) is 11.8 Å². The summed E-state index contributed by atoms with van der Waals surface area (Å²) >= 11 is 0. The smallest absolute Gasteiger partial charge is 0.314 e. The highest BCUT2D eigenvalue weighted by Gasteiger charge is 2.27. The average molecular weight is 302 g/mol. The van der Waals surface area contributed by atoms with Gasteiger partial charge in [-0.2, -0.15) is 0 Å². The SMILES string of the molecule is CCCCCc1ccc(OC(=O)C2CCC(C=O)CC2)cc1. The zero-order valence-corrected chi connectivity index (χ0v) is 13.4. The second kappa shape index (κ2) is 8.72. The van der Waals surface area contributed by atoms with Gasteiger partial charge in [-0.3, -0.25) is 4.79 Å². The molecule has 0 amide bonds. The first-order valence-electron chi connectivity index (χ1n) is 8.49. The minimum Gasteiger partial charge on any atom is -0.426 e. The summed E-state index contributed by atoms with van der Waals surface area (Å²) in [5.74, 6) is 0.553. The number of hydrogen-bond donors (Lipinski definition) is 0. The predicted molar refractivity (Wildman–Crippen MR) is 86.8 cm³/mol. The third-order valence-corrected chi connectivity index (χ3v) is 4.51. The van der Waals surface area contributed by atoms with E-state index in [1.165, 1.54) is 24.8 Å².